The van der Waals surface area contributed by atoms with Crippen molar-refractivity contribution in [2.24, 2.45) is 0 Å². The minimum absolute atomic E-state index is 0.250. The number of carbonyl (C=O) groups is 1. The van der Waals surface area contributed by atoms with E-state index in [9.17, 15) is 4.79 Å². The number of amides is 1. The van der Waals surface area contributed by atoms with Crippen molar-refractivity contribution in [2.75, 3.05) is 11.1 Å². The fraction of sp³-hybridized carbons (Fsp3) is 0.278. The molecular weight excluding hydrogens is 312 g/mol. The molecule has 1 amide bonds. The highest BCUT2D eigenvalue weighted by Crippen LogP contribution is 2.23. The van der Waals surface area contributed by atoms with Crippen molar-refractivity contribution in [1.82, 2.24) is 0 Å². The van der Waals surface area contributed by atoms with E-state index in [2.05, 4.69) is 19.2 Å². The zero-order valence-corrected chi connectivity index (χ0v) is 14.2. The van der Waals surface area contributed by atoms with Gasteiger partial charge < -0.3 is 15.8 Å². The lowest BCUT2D eigenvalue weighted by molar-refractivity contribution is -0.122. The quantitative estimate of drug-likeness (QED) is 0.795. The Morgan fingerprint density at radius 2 is 1.78 bits per heavy atom. The van der Waals surface area contributed by atoms with E-state index in [1.54, 1.807) is 25.1 Å². The zero-order chi connectivity index (χ0) is 17.0. The van der Waals surface area contributed by atoms with Crippen LogP contribution in [0.1, 0.15) is 32.3 Å². The monoisotopic (exact) mass is 332 g/mol. The number of hydrogen-bond acceptors (Lipinski definition) is 3. The first kappa shape index (κ1) is 17.2. The average molecular weight is 333 g/mol. The molecule has 1 atom stereocenters. The number of hydrogen-bond donors (Lipinski definition) is 2. The first-order chi connectivity index (χ1) is 10.9. The van der Waals surface area contributed by atoms with E-state index in [1.165, 1.54) is 5.56 Å². The van der Waals surface area contributed by atoms with Gasteiger partial charge in [-0.1, -0.05) is 37.6 Å². The molecule has 0 unspecified atom stereocenters. The third-order valence-corrected chi connectivity index (χ3v) is 3.84. The van der Waals surface area contributed by atoms with E-state index in [1.807, 2.05) is 24.3 Å². The van der Waals surface area contributed by atoms with Gasteiger partial charge in [-0.2, -0.15) is 0 Å². The molecule has 0 bridgehead atoms. The van der Waals surface area contributed by atoms with Gasteiger partial charge in [-0.3, -0.25) is 4.79 Å². The summed E-state index contributed by atoms with van der Waals surface area (Å²) in [5.41, 5.74) is 7.95. The van der Waals surface area contributed by atoms with Gasteiger partial charge in [0.2, 0.25) is 0 Å². The minimum Gasteiger partial charge on any atom is -0.481 e. The summed E-state index contributed by atoms with van der Waals surface area (Å²) in [5.74, 6) is 0.868. The molecule has 0 radical (unpaired) electrons. The summed E-state index contributed by atoms with van der Waals surface area (Å²) in [7, 11) is 0. The molecule has 0 spiro atoms. The Labute approximate surface area is 141 Å². The molecule has 5 heteroatoms. The smallest absolute Gasteiger partial charge is 0.265 e. The molecule has 0 aromatic heterocycles. The SMILES string of the molecule is CC(C)c1ccc(O[C@H](C)C(=O)Nc2ccc(Cl)c(N)c2)cc1. The lowest BCUT2D eigenvalue weighted by atomic mass is 10.0. The van der Waals surface area contributed by atoms with Crippen LogP contribution in [0, 0.1) is 0 Å². The normalized spacial score (nSPS) is 12.0. The third-order valence-electron chi connectivity index (χ3n) is 3.49. The summed E-state index contributed by atoms with van der Waals surface area (Å²) < 4.78 is 5.67. The molecule has 0 heterocycles. The summed E-state index contributed by atoms with van der Waals surface area (Å²) in [6.07, 6.45) is -0.628. The highest BCUT2D eigenvalue weighted by Gasteiger charge is 2.15. The predicted octanol–water partition coefficient (Wildman–Crippen LogP) is 4.45. The number of nitrogens with one attached hydrogen (secondary N) is 1. The van der Waals surface area contributed by atoms with Crippen LogP contribution in [-0.2, 0) is 4.79 Å². The molecule has 122 valence electrons. The van der Waals surface area contributed by atoms with Gasteiger partial charge >= 0.3 is 0 Å². The van der Waals surface area contributed by atoms with Gasteiger partial charge in [-0.05, 0) is 48.7 Å². The molecule has 2 rings (SSSR count). The lowest BCUT2D eigenvalue weighted by Crippen LogP contribution is -2.30. The number of benzene rings is 2. The van der Waals surface area contributed by atoms with Crippen LogP contribution in [0.25, 0.3) is 0 Å². The predicted molar refractivity (Wildman–Crippen MR) is 95.1 cm³/mol. The van der Waals surface area contributed by atoms with Gasteiger partial charge in [0.25, 0.3) is 5.91 Å². The van der Waals surface area contributed by atoms with E-state index in [-0.39, 0.29) is 5.91 Å². The Kier molecular flexibility index (Phi) is 5.50. The van der Waals surface area contributed by atoms with Crippen LogP contribution in [-0.4, -0.2) is 12.0 Å². The Balaban J connectivity index is 1.97. The van der Waals surface area contributed by atoms with Crippen LogP contribution in [0.4, 0.5) is 11.4 Å². The van der Waals surface area contributed by atoms with Gasteiger partial charge in [-0.25, -0.2) is 0 Å². The molecule has 0 aliphatic carbocycles. The van der Waals surface area contributed by atoms with E-state index < -0.39 is 6.10 Å². The largest absolute Gasteiger partial charge is 0.481 e. The van der Waals surface area contributed by atoms with Gasteiger partial charge in [-0.15, -0.1) is 0 Å². The van der Waals surface area contributed by atoms with Crippen LogP contribution >= 0.6 is 11.6 Å². The van der Waals surface area contributed by atoms with Crippen molar-refractivity contribution in [3.05, 3.63) is 53.1 Å². The van der Waals surface area contributed by atoms with Crippen molar-refractivity contribution in [2.45, 2.75) is 32.8 Å². The van der Waals surface area contributed by atoms with Crippen LogP contribution in [0.3, 0.4) is 0 Å². The van der Waals surface area contributed by atoms with Crippen LogP contribution < -0.4 is 15.8 Å². The minimum atomic E-state index is -0.628. The van der Waals surface area contributed by atoms with E-state index in [4.69, 9.17) is 22.1 Å². The molecule has 3 N–H and O–H groups in total. The number of anilines is 2. The van der Waals surface area contributed by atoms with Crippen molar-refractivity contribution >= 4 is 28.9 Å². The number of nitrogens with two attached hydrogens (primary N) is 1. The first-order valence-electron chi connectivity index (χ1n) is 7.49. The molecule has 23 heavy (non-hydrogen) atoms. The third kappa shape index (κ3) is 4.63. The number of rotatable bonds is 5. The highest BCUT2D eigenvalue weighted by atomic mass is 35.5. The zero-order valence-electron chi connectivity index (χ0n) is 13.5. The topological polar surface area (TPSA) is 64.3 Å². The van der Waals surface area contributed by atoms with Crippen LogP contribution in [0.2, 0.25) is 5.02 Å². The van der Waals surface area contributed by atoms with Gasteiger partial charge in [0.1, 0.15) is 5.75 Å². The second-order valence-electron chi connectivity index (χ2n) is 5.71. The maximum absolute atomic E-state index is 12.2. The summed E-state index contributed by atoms with van der Waals surface area (Å²) in [5, 5.41) is 3.21. The van der Waals surface area contributed by atoms with Crippen molar-refractivity contribution in [3.8, 4) is 5.75 Å². The van der Waals surface area contributed by atoms with Crippen LogP contribution in [0.5, 0.6) is 5.75 Å². The first-order valence-corrected chi connectivity index (χ1v) is 7.87. The maximum Gasteiger partial charge on any atom is 0.265 e. The van der Waals surface area contributed by atoms with Crippen molar-refractivity contribution < 1.29 is 9.53 Å². The van der Waals surface area contributed by atoms with Crippen molar-refractivity contribution in [3.63, 3.8) is 0 Å². The fourth-order valence-electron chi connectivity index (χ4n) is 2.05. The van der Waals surface area contributed by atoms with Crippen molar-refractivity contribution in [1.29, 1.82) is 0 Å². The van der Waals surface area contributed by atoms with Crippen LogP contribution in [0.15, 0.2) is 42.5 Å². The molecule has 0 saturated heterocycles. The highest BCUT2D eigenvalue weighted by molar-refractivity contribution is 6.33. The molecular formula is C18H21ClN2O2. The maximum atomic E-state index is 12.2. The molecule has 2 aromatic carbocycles. The van der Waals surface area contributed by atoms with Gasteiger partial charge in [0, 0.05) is 5.69 Å². The Morgan fingerprint density at radius 3 is 2.35 bits per heavy atom. The summed E-state index contributed by atoms with van der Waals surface area (Å²) in [6, 6.07) is 12.7. The number of carbonyl (C=O) groups excluding carboxylic acids is 1. The average Bonchev–Trinajstić information content (AvgIpc) is 2.51. The summed E-state index contributed by atoms with van der Waals surface area (Å²) in [6.45, 7) is 5.96. The number of halogens is 1. The molecule has 2 aromatic rings. The number of ether oxygens (including phenoxy) is 1. The molecule has 0 aliphatic rings. The summed E-state index contributed by atoms with van der Waals surface area (Å²) in [4.78, 5) is 12.2. The standard InChI is InChI=1S/C18H21ClN2O2/c1-11(2)13-4-7-15(8-5-13)23-12(3)18(22)21-14-6-9-16(19)17(20)10-14/h4-12H,20H2,1-3H3,(H,21,22)/t12-/m1/s1. The molecule has 0 aliphatic heterocycles. The Hall–Kier alpha value is -2.20. The summed E-state index contributed by atoms with van der Waals surface area (Å²) >= 11 is 5.86. The van der Waals surface area contributed by atoms with E-state index >= 15 is 0 Å². The molecule has 4 nitrogen and oxygen atoms in total. The fourth-order valence-corrected chi connectivity index (χ4v) is 2.17. The molecule has 0 fully saturated rings. The Bertz CT molecular complexity index is 684. The van der Waals surface area contributed by atoms with E-state index in [0.29, 0.717) is 28.1 Å². The Morgan fingerprint density at radius 1 is 1.13 bits per heavy atom. The lowest BCUT2D eigenvalue weighted by Gasteiger charge is -2.16. The second kappa shape index (κ2) is 7.38. The second-order valence-corrected chi connectivity index (χ2v) is 6.12. The van der Waals surface area contributed by atoms with E-state index in [0.717, 1.165) is 0 Å². The number of nitrogen functional groups attached to an aromatic ring is 1. The van der Waals surface area contributed by atoms with Gasteiger partial charge in [0.15, 0.2) is 6.10 Å². The van der Waals surface area contributed by atoms with Gasteiger partial charge in [0.05, 0.1) is 10.7 Å². The molecule has 0 saturated carbocycles.